The van der Waals surface area contributed by atoms with Crippen LogP contribution in [-0.2, 0) is 0 Å². The van der Waals surface area contributed by atoms with Crippen LogP contribution in [0.4, 0.5) is 0 Å². The molecule has 0 bridgehead atoms. The molecule has 148 valence electrons. The van der Waals surface area contributed by atoms with Crippen LogP contribution in [-0.4, -0.2) is 19.9 Å². The van der Waals surface area contributed by atoms with Gasteiger partial charge in [-0.3, -0.25) is 15.0 Å². The van der Waals surface area contributed by atoms with Crippen LogP contribution in [0.5, 0.6) is 0 Å². The van der Waals surface area contributed by atoms with Crippen molar-refractivity contribution in [1.82, 2.24) is 19.9 Å². The summed E-state index contributed by atoms with van der Waals surface area (Å²) in [4.78, 5) is 18.5. The number of hydrogen-bond acceptors (Lipinski definition) is 4. The summed E-state index contributed by atoms with van der Waals surface area (Å²) >= 11 is 0. The van der Waals surface area contributed by atoms with E-state index in [1.165, 1.54) is 32.3 Å². The molecule has 7 aromatic rings. The first-order valence-corrected chi connectivity index (χ1v) is 10.6. The van der Waals surface area contributed by atoms with Gasteiger partial charge >= 0.3 is 0 Å². The van der Waals surface area contributed by atoms with Crippen molar-refractivity contribution in [2.24, 2.45) is 0 Å². The molecule has 2 aromatic heterocycles. The zero-order valence-electron chi connectivity index (χ0n) is 17.0. The first kappa shape index (κ1) is 17.3. The highest BCUT2D eigenvalue weighted by atomic mass is 14.8. The fraction of sp³-hybridized carbons (Fsp3) is 0. The third-order valence-corrected chi connectivity index (χ3v) is 6.13. The molecule has 0 amide bonds. The van der Waals surface area contributed by atoms with E-state index in [2.05, 4.69) is 76.7 Å². The van der Waals surface area contributed by atoms with E-state index in [4.69, 9.17) is 9.97 Å². The Kier molecular flexibility index (Phi) is 3.52. The molecule has 0 atom stereocenters. The van der Waals surface area contributed by atoms with Crippen molar-refractivity contribution in [1.29, 1.82) is 0 Å². The molecule has 0 aliphatic rings. The van der Waals surface area contributed by atoms with Gasteiger partial charge in [0.15, 0.2) is 0 Å². The Morgan fingerprint density at radius 3 is 2.03 bits per heavy atom. The summed E-state index contributed by atoms with van der Waals surface area (Å²) in [5, 5.41) is 7.32. The molecule has 0 fully saturated rings. The van der Waals surface area contributed by atoms with E-state index in [0.717, 1.165) is 33.3 Å². The van der Waals surface area contributed by atoms with Gasteiger partial charge in [-0.05, 0) is 56.6 Å². The molecule has 0 spiro atoms. The van der Waals surface area contributed by atoms with Gasteiger partial charge in [-0.1, -0.05) is 54.6 Å². The summed E-state index contributed by atoms with van der Waals surface area (Å²) < 4.78 is 0. The zero-order chi connectivity index (χ0) is 21.1. The van der Waals surface area contributed by atoms with Crippen LogP contribution in [0.25, 0.3) is 65.6 Å². The van der Waals surface area contributed by atoms with Crippen molar-refractivity contribution in [3.05, 3.63) is 97.5 Å². The van der Waals surface area contributed by atoms with Crippen molar-refractivity contribution in [2.75, 3.05) is 0 Å². The van der Waals surface area contributed by atoms with Gasteiger partial charge in [0.05, 0.1) is 34.0 Å². The lowest BCUT2D eigenvalue weighted by molar-refractivity contribution is 1.27. The van der Waals surface area contributed by atoms with Crippen LogP contribution < -0.4 is 0 Å². The second-order valence-electron chi connectivity index (χ2n) is 8.03. The van der Waals surface area contributed by atoms with Crippen molar-refractivity contribution >= 4 is 54.4 Å². The number of fused-ring (bicyclic) bond motifs is 6. The minimum Gasteiger partial charge on any atom is -0.253 e. The van der Waals surface area contributed by atoms with E-state index >= 15 is 0 Å². The van der Waals surface area contributed by atoms with Gasteiger partial charge in [-0.2, -0.15) is 0 Å². The standard InChI is InChI=1S/C28H16N4/c1-2-5-19-13-22-20(12-18(19)4-1)9-8-17-6-3-7-21(28(17)22)27-16-31-25-14-23-24(15-26(25)32-27)30-11-10-29-23/h1-16H. The van der Waals surface area contributed by atoms with Crippen LogP contribution in [0.15, 0.2) is 97.5 Å². The molecule has 0 radical (unpaired) electrons. The molecule has 32 heavy (non-hydrogen) atoms. The predicted octanol–water partition coefficient (Wildman–Crippen LogP) is 6.70. The first-order chi connectivity index (χ1) is 15.8. The van der Waals surface area contributed by atoms with Crippen LogP contribution in [0.3, 0.4) is 0 Å². The molecule has 0 unspecified atom stereocenters. The molecule has 0 saturated carbocycles. The van der Waals surface area contributed by atoms with Crippen molar-refractivity contribution < 1.29 is 0 Å². The predicted molar refractivity (Wildman–Crippen MR) is 131 cm³/mol. The van der Waals surface area contributed by atoms with Crippen LogP contribution in [0.2, 0.25) is 0 Å². The third-order valence-electron chi connectivity index (χ3n) is 6.13. The monoisotopic (exact) mass is 408 g/mol. The topological polar surface area (TPSA) is 51.6 Å². The van der Waals surface area contributed by atoms with Gasteiger partial charge in [0.1, 0.15) is 0 Å². The molecule has 4 nitrogen and oxygen atoms in total. The molecule has 0 aliphatic carbocycles. The van der Waals surface area contributed by atoms with Gasteiger partial charge < -0.3 is 0 Å². The van der Waals surface area contributed by atoms with Crippen LogP contribution in [0, 0.1) is 0 Å². The number of nitrogens with zero attached hydrogens (tertiary/aromatic N) is 4. The maximum Gasteiger partial charge on any atom is 0.0917 e. The quantitative estimate of drug-likeness (QED) is 0.224. The second-order valence-corrected chi connectivity index (χ2v) is 8.03. The summed E-state index contributed by atoms with van der Waals surface area (Å²) in [6.45, 7) is 0. The Morgan fingerprint density at radius 2 is 1.19 bits per heavy atom. The summed E-state index contributed by atoms with van der Waals surface area (Å²) in [7, 11) is 0. The van der Waals surface area contributed by atoms with E-state index in [1.807, 2.05) is 18.3 Å². The number of rotatable bonds is 1. The minimum atomic E-state index is 0.817. The normalized spacial score (nSPS) is 11.8. The smallest absolute Gasteiger partial charge is 0.0917 e. The molecule has 2 heterocycles. The lowest BCUT2D eigenvalue weighted by atomic mass is 9.94. The average Bonchev–Trinajstić information content (AvgIpc) is 2.85. The van der Waals surface area contributed by atoms with E-state index in [0.29, 0.717) is 0 Å². The van der Waals surface area contributed by atoms with Gasteiger partial charge in [0, 0.05) is 18.0 Å². The average molecular weight is 408 g/mol. The summed E-state index contributed by atoms with van der Waals surface area (Å²) in [5.74, 6) is 0. The summed E-state index contributed by atoms with van der Waals surface area (Å²) in [6, 6.07) is 27.7. The van der Waals surface area contributed by atoms with E-state index in [-0.39, 0.29) is 0 Å². The maximum absolute atomic E-state index is 4.98. The van der Waals surface area contributed by atoms with Gasteiger partial charge in [-0.15, -0.1) is 0 Å². The van der Waals surface area contributed by atoms with Crippen molar-refractivity contribution in [3.8, 4) is 11.3 Å². The lowest BCUT2D eigenvalue weighted by Crippen LogP contribution is -1.92. The molecule has 4 heteroatoms. The molecule has 0 saturated heterocycles. The number of benzene rings is 5. The highest BCUT2D eigenvalue weighted by Crippen LogP contribution is 2.36. The fourth-order valence-corrected chi connectivity index (χ4v) is 4.62. The molecular weight excluding hydrogens is 392 g/mol. The van der Waals surface area contributed by atoms with Crippen molar-refractivity contribution in [2.45, 2.75) is 0 Å². The lowest BCUT2D eigenvalue weighted by Gasteiger charge is -2.11. The summed E-state index contributed by atoms with van der Waals surface area (Å²) in [5.41, 5.74) is 5.21. The second kappa shape index (κ2) is 6.53. The van der Waals surface area contributed by atoms with Crippen LogP contribution in [0.1, 0.15) is 0 Å². The SMILES string of the molecule is c1ccc2cc3c(ccc4cccc(-c5cnc6cc7nccnc7cc6n5)c43)cc2c1. The molecule has 0 aliphatic heterocycles. The maximum atomic E-state index is 4.98. The van der Waals surface area contributed by atoms with Crippen LogP contribution >= 0.6 is 0 Å². The Bertz CT molecular complexity index is 1840. The Hall–Kier alpha value is -4.44. The fourth-order valence-electron chi connectivity index (χ4n) is 4.62. The molecule has 7 rings (SSSR count). The largest absolute Gasteiger partial charge is 0.253 e. The third kappa shape index (κ3) is 2.56. The first-order valence-electron chi connectivity index (χ1n) is 10.6. The van der Waals surface area contributed by atoms with E-state index in [1.54, 1.807) is 12.4 Å². The van der Waals surface area contributed by atoms with Gasteiger partial charge in [0.25, 0.3) is 0 Å². The highest BCUT2D eigenvalue weighted by Gasteiger charge is 2.12. The minimum absolute atomic E-state index is 0.817. The molecule has 0 N–H and O–H groups in total. The Balaban J connectivity index is 1.55. The van der Waals surface area contributed by atoms with E-state index in [9.17, 15) is 0 Å². The van der Waals surface area contributed by atoms with E-state index < -0.39 is 0 Å². The highest BCUT2D eigenvalue weighted by molar-refractivity contribution is 6.17. The summed E-state index contributed by atoms with van der Waals surface area (Å²) in [6.07, 6.45) is 5.26. The number of aromatic nitrogens is 4. The molecule has 5 aromatic carbocycles. The van der Waals surface area contributed by atoms with Gasteiger partial charge in [-0.25, -0.2) is 4.98 Å². The Morgan fingerprint density at radius 1 is 0.500 bits per heavy atom. The Labute approximate surface area is 183 Å². The van der Waals surface area contributed by atoms with Gasteiger partial charge in [0.2, 0.25) is 0 Å². The van der Waals surface area contributed by atoms with Crippen molar-refractivity contribution in [3.63, 3.8) is 0 Å². The molecular formula is C28H16N4. The zero-order valence-corrected chi connectivity index (χ0v) is 17.0. The number of hydrogen-bond donors (Lipinski definition) is 0.